The molecule has 1 amide bonds. The molecule has 0 unspecified atom stereocenters. The number of aromatic amines is 1. The summed E-state index contributed by atoms with van der Waals surface area (Å²) < 4.78 is 0. The number of nitrogens with zero attached hydrogens (tertiary/aromatic N) is 2. The van der Waals surface area contributed by atoms with Gasteiger partial charge in [-0.2, -0.15) is 5.10 Å². The van der Waals surface area contributed by atoms with Gasteiger partial charge in [0.25, 0.3) is 5.91 Å². The lowest BCUT2D eigenvalue weighted by Gasteiger charge is -2.37. The van der Waals surface area contributed by atoms with Crippen molar-refractivity contribution in [1.29, 1.82) is 0 Å². The van der Waals surface area contributed by atoms with Crippen molar-refractivity contribution in [3.8, 4) is 0 Å². The number of nitrogens with one attached hydrogen (secondary N) is 1. The number of aromatic nitrogens is 2. The van der Waals surface area contributed by atoms with Crippen molar-refractivity contribution in [2.75, 3.05) is 25.4 Å². The molecule has 1 aliphatic rings. The molecule has 0 bridgehead atoms. The van der Waals surface area contributed by atoms with E-state index in [-0.39, 0.29) is 18.4 Å². The summed E-state index contributed by atoms with van der Waals surface area (Å²) in [6.45, 7) is 3.35. The Morgan fingerprint density at radius 2 is 2.35 bits per heavy atom. The van der Waals surface area contributed by atoms with Crippen LogP contribution in [0.2, 0.25) is 0 Å². The molecule has 94 valence electrons. The van der Waals surface area contributed by atoms with Crippen LogP contribution in [0.25, 0.3) is 0 Å². The average molecular weight is 238 g/mol. The molecule has 4 N–H and O–H groups in total. The third-order valence-electron chi connectivity index (χ3n) is 3.09. The summed E-state index contributed by atoms with van der Waals surface area (Å²) in [5.41, 5.74) is 7.48. The van der Waals surface area contributed by atoms with Gasteiger partial charge in [-0.15, -0.1) is 0 Å². The number of carbonyl (C=O) groups excluding carboxylic acids is 1. The van der Waals surface area contributed by atoms with Gasteiger partial charge in [-0.3, -0.25) is 9.89 Å². The maximum absolute atomic E-state index is 12.0. The van der Waals surface area contributed by atoms with Crippen molar-refractivity contribution in [2.24, 2.45) is 5.92 Å². The molecule has 0 spiro atoms. The minimum absolute atomic E-state index is 0.126. The second-order valence-electron chi connectivity index (χ2n) is 4.47. The van der Waals surface area contributed by atoms with Crippen molar-refractivity contribution >= 4 is 11.6 Å². The molecule has 0 aliphatic carbocycles. The minimum Gasteiger partial charge on any atom is -0.396 e. The molecular formula is C11H18N4O2. The van der Waals surface area contributed by atoms with Crippen LogP contribution in [-0.2, 0) is 6.42 Å². The van der Waals surface area contributed by atoms with Crippen LogP contribution in [0.1, 0.15) is 29.5 Å². The predicted molar refractivity (Wildman–Crippen MR) is 63.5 cm³/mol. The molecule has 0 aromatic carbocycles. The Kier molecular flexibility index (Phi) is 3.33. The van der Waals surface area contributed by atoms with Gasteiger partial charge in [-0.05, 0) is 6.42 Å². The molecule has 1 aliphatic heterocycles. The standard InChI is InChI=1S/C11H18N4O2/c1-2-3-8-9(12)10(14-13-8)11(17)15-4-7(5-15)6-16/h7,16H,2-6,12H2,1H3,(H,13,14). The monoisotopic (exact) mass is 238 g/mol. The van der Waals surface area contributed by atoms with Crippen LogP contribution in [0.3, 0.4) is 0 Å². The van der Waals surface area contributed by atoms with E-state index in [1.165, 1.54) is 0 Å². The smallest absolute Gasteiger partial charge is 0.276 e. The first-order chi connectivity index (χ1) is 8.17. The van der Waals surface area contributed by atoms with Crippen LogP contribution in [0.5, 0.6) is 0 Å². The number of nitrogen functional groups attached to an aromatic ring is 1. The average Bonchev–Trinajstić information content (AvgIpc) is 2.60. The molecule has 2 heterocycles. The number of H-pyrrole nitrogens is 1. The molecule has 6 heteroatoms. The summed E-state index contributed by atoms with van der Waals surface area (Å²) in [4.78, 5) is 13.7. The summed E-state index contributed by atoms with van der Waals surface area (Å²) in [6, 6.07) is 0. The first-order valence-electron chi connectivity index (χ1n) is 5.90. The molecule has 6 nitrogen and oxygen atoms in total. The SMILES string of the molecule is CCCc1[nH]nc(C(=O)N2CC(CO)C2)c1N. The van der Waals surface area contributed by atoms with Crippen molar-refractivity contribution < 1.29 is 9.90 Å². The van der Waals surface area contributed by atoms with Crippen LogP contribution >= 0.6 is 0 Å². The molecule has 0 radical (unpaired) electrons. The number of aryl methyl sites for hydroxylation is 1. The summed E-state index contributed by atoms with van der Waals surface area (Å²) in [7, 11) is 0. The minimum atomic E-state index is -0.147. The van der Waals surface area contributed by atoms with Crippen LogP contribution in [0.4, 0.5) is 5.69 Å². The lowest BCUT2D eigenvalue weighted by atomic mass is 10.0. The van der Waals surface area contributed by atoms with Crippen molar-refractivity contribution in [1.82, 2.24) is 15.1 Å². The molecule has 1 saturated heterocycles. The van der Waals surface area contributed by atoms with Gasteiger partial charge >= 0.3 is 0 Å². The highest BCUT2D eigenvalue weighted by atomic mass is 16.3. The fourth-order valence-corrected chi connectivity index (χ4v) is 1.99. The normalized spacial score (nSPS) is 16.0. The van der Waals surface area contributed by atoms with Crippen LogP contribution < -0.4 is 5.73 Å². The number of aliphatic hydroxyl groups excluding tert-OH is 1. The van der Waals surface area contributed by atoms with Gasteiger partial charge < -0.3 is 15.7 Å². The number of anilines is 1. The lowest BCUT2D eigenvalue weighted by molar-refractivity contribution is 0.0357. The number of rotatable bonds is 4. The highest BCUT2D eigenvalue weighted by Crippen LogP contribution is 2.22. The van der Waals surface area contributed by atoms with E-state index in [1.54, 1.807) is 4.90 Å². The molecule has 0 saturated carbocycles. The van der Waals surface area contributed by atoms with E-state index in [0.29, 0.717) is 24.5 Å². The Morgan fingerprint density at radius 3 is 2.94 bits per heavy atom. The Labute approximate surface area is 99.8 Å². The van der Waals surface area contributed by atoms with Gasteiger partial charge in [0.1, 0.15) is 0 Å². The van der Waals surface area contributed by atoms with Gasteiger partial charge in [0.2, 0.25) is 0 Å². The first-order valence-corrected chi connectivity index (χ1v) is 5.90. The second-order valence-corrected chi connectivity index (χ2v) is 4.47. The van der Waals surface area contributed by atoms with E-state index in [9.17, 15) is 4.79 Å². The summed E-state index contributed by atoms with van der Waals surface area (Å²) in [6.07, 6.45) is 1.75. The third kappa shape index (κ3) is 2.12. The van der Waals surface area contributed by atoms with Gasteiger partial charge in [0.05, 0.1) is 11.4 Å². The van der Waals surface area contributed by atoms with E-state index in [0.717, 1.165) is 18.5 Å². The zero-order chi connectivity index (χ0) is 12.4. The Hall–Kier alpha value is -1.56. The number of amides is 1. The zero-order valence-electron chi connectivity index (χ0n) is 9.94. The summed E-state index contributed by atoms with van der Waals surface area (Å²) >= 11 is 0. The van der Waals surface area contributed by atoms with Crippen LogP contribution in [-0.4, -0.2) is 45.8 Å². The van der Waals surface area contributed by atoms with Gasteiger partial charge in [0, 0.05) is 25.6 Å². The van der Waals surface area contributed by atoms with E-state index in [2.05, 4.69) is 10.2 Å². The summed E-state index contributed by atoms with van der Waals surface area (Å²) in [5.74, 6) is 0.0556. The highest BCUT2D eigenvalue weighted by Gasteiger charge is 2.32. The third-order valence-corrected chi connectivity index (χ3v) is 3.09. The number of hydrogen-bond acceptors (Lipinski definition) is 4. The van der Waals surface area contributed by atoms with Crippen LogP contribution in [0.15, 0.2) is 0 Å². The highest BCUT2D eigenvalue weighted by molar-refractivity contribution is 5.98. The topological polar surface area (TPSA) is 95.2 Å². The van der Waals surface area contributed by atoms with Crippen molar-refractivity contribution in [3.63, 3.8) is 0 Å². The zero-order valence-corrected chi connectivity index (χ0v) is 9.94. The van der Waals surface area contributed by atoms with E-state index >= 15 is 0 Å². The second kappa shape index (κ2) is 4.75. The Bertz CT molecular complexity index is 410. The van der Waals surface area contributed by atoms with Crippen molar-refractivity contribution in [3.05, 3.63) is 11.4 Å². The molecule has 0 atom stereocenters. The van der Waals surface area contributed by atoms with E-state index in [1.807, 2.05) is 6.92 Å². The maximum Gasteiger partial charge on any atom is 0.276 e. The van der Waals surface area contributed by atoms with Crippen LogP contribution in [0, 0.1) is 5.92 Å². The Balaban J connectivity index is 2.05. The number of nitrogens with two attached hydrogens (primary N) is 1. The molecule has 1 fully saturated rings. The maximum atomic E-state index is 12.0. The molecule has 1 aromatic heterocycles. The van der Waals surface area contributed by atoms with Crippen molar-refractivity contribution in [2.45, 2.75) is 19.8 Å². The van der Waals surface area contributed by atoms with Gasteiger partial charge in [-0.25, -0.2) is 0 Å². The Morgan fingerprint density at radius 1 is 1.65 bits per heavy atom. The lowest BCUT2D eigenvalue weighted by Crippen LogP contribution is -2.51. The van der Waals surface area contributed by atoms with Gasteiger partial charge in [0.15, 0.2) is 5.69 Å². The molecule has 2 rings (SSSR count). The van der Waals surface area contributed by atoms with Gasteiger partial charge in [-0.1, -0.05) is 13.3 Å². The first kappa shape index (κ1) is 11.9. The van der Waals surface area contributed by atoms with E-state index < -0.39 is 0 Å². The number of carbonyl (C=O) groups is 1. The molecular weight excluding hydrogens is 220 g/mol. The molecule has 17 heavy (non-hydrogen) atoms. The number of hydrogen-bond donors (Lipinski definition) is 3. The molecule has 1 aromatic rings. The number of aliphatic hydroxyl groups is 1. The quantitative estimate of drug-likeness (QED) is 0.688. The summed E-state index contributed by atoms with van der Waals surface area (Å²) in [5, 5.41) is 15.7. The fraction of sp³-hybridized carbons (Fsp3) is 0.636. The van der Waals surface area contributed by atoms with E-state index in [4.69, 9.17) is 10.8 Å². The fourth-order valence-electron chi connectivity index (χ4n) is 1.99. The largest absolute Gasteiger partial charge is 0.396 e. The number of likely N-dealkylation sites (tertiary alicyclic amines) is 1. The predicted octanol–water partition coefficient (Wildman–Crippen LogP) is 0.00870.